The van der Waals surface area contributed by atoms with Crippen molar-refractivity contribution in [2.75, 3.05) is 0 Å². The van der Waals surface area contributed by atoms with E-state index in [0.29, 0.717) is 0 Å². The number of hydrogen-bond donors (Lipinski definition) is 0. The molecule has 0 aromatic carbocycles. The molecule has 18 heteroatoms. The molecule has 0 aromatic rings. The van der Waals surface area contributed by atoms with Gasteiger partial charge in [-0.05, 0) is 0 Å². The Hall–Kier alpha value is -0.369. The third-order valence-corrected chi connectivity index (χ3v) is 0. The van der Waals surface area contributed by atoms with E-state index in [1.807, 2.05) is 0 Å². The molecule has 0 radical (unpaired) electrons. The van der Waals surface area contributed by atoms with Crippen molar-refractivity contribution in [2.24, 2.45) is 0 Å². The van der Waals surface area contributed by atoms with Crippen LogP contribution in [0.4, 0.5) is 0 Å². The minimum atomic E-state index is -1.75. The SMILES string of the molecule is O=[N+]([O-])[O-].O=[N+]([O-])[O-].O=[N+]([O-])[O-].O=[N+]([O-])[O-].[Ba+2].[Ca+2]. The predicted octanol–water partition coefficient (Wildman–Crippen LogP) is -1.72. The van der Waals surface area contributed by atoms with Gasteiger partial charge in [0.25, 0.3) is 0 Å². The van der Waals surface area contributed by atoms with Crippen molar-refractivity contribution in [3.8, 4) is 0 Å². The third kappa shape index (κ3) is 24600. The van der Waals surface area contributed by atoms with Crippen LogP contribution in [0.5, 0.6) is 0 Å². The summed E-state index contributed by atoms with van der Waals surface area (Å²) >= 11 is 0. The van der Waals surface area contributed by atoms with Crippen molar-refractivity contribution >= 4 is 86.6 Å². The molecule has 96 valence electrons. The van der Waals surface area contributed by atoms with Crippen molar-refractivity contribution in [3.05, 3.63) is 61.3 Å². The molecule has 0 aromatic heterocycles. The van der Waals surface area contributed by atoms with Gasteiger partial charge in [-0.15, -0.1) is 0 Å². The van der Waals surface area contributed by atoms with E-state index in [9.17, 15) is 0 Å². The van der Waals surface area contributed by atoms with E-state index in [1.54, 1.807) is 0 Å². The number of hydrogen-bond acceptors (Lipinski definition) is 12. The van der Waals surface area contributed by atoms with Gasteiger partial charge >= 0.3 is 86.6 Å². The van der Waals surface area contributed by atoms with Crippen LogP contribution in [-0.2, 0) is 0 Å². The largest absolute Gasteiger partial charge is 2.00 e. The topological polar surface area (TPSA) is 265 Å². The molecule has 0 unspecified atom stereocenters. The summed E-state index contributed by atoms with van der Waals surface area (Å²) in [6.45, 7) is 0. The Balaban J connectivity index is -0.0000000257. The van der Waals surface area contributed by atoms with Gasteiger partial charge in [-0.25, -0.2) is 0 Å². The fourth-order valence-corrected chi connectivity index (χ4v) is 0. The third-order valence-electron chi connectivity index (χ3n) is 0. The maximum absolute atomic E-state index is 8.25. The molecule has 0 heterocycles. The first kappa shape index (κ1) is 36.0. The molecule has 0 saturated heterocycles. The van der Waals surface area contributed by atoms with Crippen LogP contribution in [0, 0.1) is 61.3 Å². The molecule has 0 fully saturated rings. The zero-order valence-corrected chi connectivity index (χ0v) is 14.8. The summed E-state index contributed by atoms with van der Waals surface area (Å²) in [5.41, 5.74) is 0. The second-order valence-corrected chi connectivity index (χ2v) is 0.894. The Labute approximate surface area is 166 Å². The van der Waals surface area contributed by atoms with Crippen LogP contribution in [0.3, 0.4) is 0 Å². The van der Waals surface area contributed by atoms with Crippen LogP contribution < -0.4 is 0 Å². The van der Waals surface area contributed by atoms with Gasteiger partial charge in [0.1, 0.15) is 0 Å². The molecule has 0 bridgehead atoms. The maximum Gasteiger partial charge on any atom is 2.00 e. The number of nitrogens with zero attached hydrogens (tertiary/aromatic N) is 4. The van der Waals surface area contributed by atoms with Gasteiger partial charge in [-0.3, -0.25) is 0 Å². The average Bonchev–Trinajstić information content (AvgIpc) is 1.76. The van der Waals surface area contributed by atoms with Crippen molar-refractivity contribution in [3.63, 3.8) is 0 Å². The minimum absolute atomic E-state index is 0. The fourth-order valence-electron chi connectivity index (χ4n) is 0. The van der Waals surface area contributed by atoms with Crippen molar-refractivity contribution < 1.29 is 20.3 Å². The molecular weight excluding hydrogens is 425 g/mol. The van der Waals surface area contributed by atoms with E-state index in [0.717, 1.165) is 0 Å². The number of rotatable bonds is 0. The zero-order chi connectivity index (χ0) is 14.3. The smallest absolute Gasteiger partial charge is 0.356 e. The molecule has 0 aliphatic rings. The zero-order valence-electron chi connectivity index (χ0n) is 8.10. The standard InChI is InChI=1S/Ba.Ca.4NO3/c;;4*2-1(3)4/q2*+2;4*-1. The Morgan fingerprint density at radius 2 is 0.444 bits per heavy atom. The first-order valence-electron chi connectivity index (χ1n) is 2.19. The van der Waals surface area contributed by atoms with E-state index >= 15 is 0 Å². The fraction of sp³-hybridized carbons (Fsp3) is 0. The van der Waals surface area contributed by atoms with Crippen LogP contribution in [0.15, 0.2) is 0 Å². The second kappa shape index (κ2) is 30.0. The molecule has 16 nitrogen and oxygen atoms in total. The van der Waals surface area contributed by atoms with Crippen LogP contribution in [-0.4, -0.2) is 107 Å². The summed E-state index contributed by atoms with van der Waals surface area (Å²) in [4.78, 5) is 33.0. The summed E-state index contributed by atoms with van der Waals surface area (Å²) in [6, 6.07) is 0. The Bertz CT molecular complexity index is 164. The average molecular weight is 425 g/mol. The molecule has 0 N–H and O–H groups in total. The Morgan fingerprint density at radius 1 is 0.444 bits per heavy atom. The summed E-state index contributed by atoms with van der Waals surface area (Å²) in [7, 11) is 0. The van der Waals surface area contributed by atoms with Crippen LogP contribution in [0.25, 0.3) is 0 Å². The Kier molecular flexibility index (Phi) is 60.2. The van der Waals surface area contributed by atoms with E-state index in [2.05, 4.69) is 0 Å². The summed E-state index contributed by atoms with van der Waals surface area (Å²) in [5, 5.41) is 59.0. The Morgan fingerprint density at radius 3 is 0.444 bits per heavy atom. The molecule has 0 aliphatic carbocycles. The van der Waals surface area contributed by atoms with Crippen molar-refractivity contribution in [1.29, 1.82) is 0 Å². The van der Waals surface area contributed by atoms with Crippen LogP contribution in [0.1, 0.15) is 0 Å². The van der Waals surface area contributed by atoms with E-state index < -0.39 is 20.3 Å². The second-order valence-electron chi connectivity index (χ2n) is 0.894. The van der Waals surface area contributed by atoms with Gasteiger partial charge in [0, 0.05) is 0 Å². The predicted molar refractivity (Wildman–Crippen MR) is 53.0 cm³/mol. The molecule has 0 saturated carbocycles. The summed E-state index contributed by atoms with van der Waals surface area (Å²) in [6.07, 6.45) is 0. The van der Waals surface area contributed by atoms with Gasteiger partial charge in [0.15, 0.2) is 0 Å². The van der Waals surface area contributed by atoms with Gasteiger partial charge in [0.2, 0.25) is 0 Å². The van der Waals surface area contributed by atoms with Crippen LogP contribution in [0.2, 0.25) is 0 Å². The van der Waals surface area contributed by atoms with Crippen molar-refractivity contribution in [2.45, 2.75) is 0 Å². The first-order chi connectivity index (χ1) is 6.93. The summed E-state index contributed by atoms with van der Waals surface area (Å²) in [5.74, 6) is 0. The molecular formula is BaCaN4O12. The summed E-state index contributed by atoms with van der Waals surface area (Å²) < 4.78 is 0. The van der Waals surface area contributed by atoms with E-state index in [-0.39, 0.29) is 86.6 Å². The van der Waals surface area contributed by atoms with E-state index in [4.69, 9.17) is 61.3 Å². The molecule has 0 spiro atoms. The molecule has 0 rings (SSSR count). The van der Waals surface area contributed by atoms with Crippen LogP contribution >= 0.6 is 0 Å². The molecule has 18 heavy (non-hydrogen) atoms. The quantitative estimate of drug-likeness (QED) is 0.238. The van der Waals surface area contributed by atoms with Crippen molar-refractivity contribution in [1.82, 2.24) is 0 Å². The van der Waals surface area contributed by atoms with Gasteiger partial charge in [0.05, 0.1) is 20.3 Å². The van der Waals surface area contributed by atoms with E-state index in [1.165, 1.54) is 0 Å². The maximum atomic E-state index is 8.25. The van der Waals surface area contributed by atoms with Gasteiger partial charge in [-0.2, -0.15) is 0 Å². The molecule has 0 atom stereocenters. The monoisotopic (exact) mass is 426 g/mol. The molecule has 0 aliphatic heterocycles. The first-order valence-corrected chi connectivity index (χ1v) is 2.19. The van der Waals surface area contributed by atoms with Gasteiger partial charge in [-0.1, -0.05) is 0 Å². The molecule has 0 amide bonds. The van der Waals surface area contributed by atoms with Gasteiger partial charge < -0.3 is 61.3 Å². The normalized spacial score (nSPS) is 5.33. The minimum Gasteiger partial charge on any atom is -0.356 e.